The van der Waals surface area contributed by atoms with E-state index in [-0.39, 0.29) is 6.04 Å². The summed E-state index contributed by atoms with van der Waals surface area (Å²) in [5.74, 6) is 0. The molecule has 0 aliphatic heterocycles. The Hall–Kier alpha value is -0.860. The third-order valence-corrected chi connectivity index (χ3v) is 2.15. The fourth-order valence-electron chi connectivity index (χ4n) is 1.48. The third-order valence-electron chi connectivity index (χ3n) is 2.15. The molecule has 0 fully saturated rings. The molecule has 1 rings (SSSR count). The van der Waals surface area contributed by atoms with Crippen molar-refractivity contribution in [2.24, 2.45) is 5.73 Å². The highest BCUT2D eigenvalue weighted by atomic mass is 16.3. The molecule has 0 heterocycles. The molecule has 0 saturated carbocycles. The highest BCUT2D eigenvalue weighted by molar-refractivity contribution is 5.30. The van der Waals surface area contributed by atoms with Crippen LogP contribution in [0.15, 0.2) is 18.2 Å². The van der Waals surface area contributed by atoms with Crippen molar-refractivity contribution in [2.75, 3.05) is 0 Å². The summed E-state index contributed by atoms with van der Waals surface area (Å²) in [5.41, 5.74) is 9.20. The Morgan fingerprint density at radius 3 is 2.00 bits per heavy atom. The summed E-state index contributed by atoms with van der Waals surface area (Å²) in [6.45, 7) is 5.78. The minimum absolute atomic E-state index is 0.279. The second-order valence-electron chi connectivity index (χ2n) is 3.69. The smallest absolute Gasteiger partial charge is 0.0704 e. The fourth-order valence-corrected chi connectivity index (χ4v) is 1.48. The zero-order valence-corrected chi connectivity index (χ0v) is 8.41. The van der Waals surface area contributed by atoms with E-state index >= 15 is 0 Å². The lowest BCUT2D eigenvalue weighted by molar-refractivity contribution is 0.164. The van der Waals surface area contributed by atoms with E-state index in [1.807, 2.05) is 26.0 Å². The Morgan fingerprint density at radius 2 is 1.62 bits per heavy atom. The number of aliphatic hydroxyl groups excluding tert-OH is 1. The van der Waals surface area contributed by atoms with Crippen molar-refractivity contribution in [1.82, 2.24) is 0 Å². The van der Waals surface area contributed by atoms with Crippen LogP contribution in [0.25, 0.3) is 0 Å². The van der Waals surface area contributed by atoms with Crippen molar-refractivity contribution < 1.29 is 5.11 Å². The van der Waals surface area contributed by atoms with Crippen LogP contribution in [0.2, 0.25) is 0 Å². The van der Waals surface area contributed by atoms with Crippen molar-refractivity contribution in [2.45, 2.75) is 32.9 Å². The first-order valence-electron chi connectivity index (χ1n) is 4.52. The second kappa shape index (κ2) is 3.90. The lowest BCUT2D eigenvalue weighted by atomic mass is 9.99. The van der Waals surface area contributed by atoms with Gasteiger partial charge < -0.3 is 10.8 Å². The first-order valence-corrected chi connectivity index (χ1v) is 4.52. The van der Waals surface area contributed by atoms with Crippen LogP contribution in [0.1, 0.15) is 29.7 Å². The van der Waals surface area contributed by atoms with E-state index in [1.54, 1.807) is 6.92 Å². The molecule has 13 heavy (non-hydrogen) atoms. The summed E-state index contributed by atoms with van der Waals surface area (Å²) in [5, 5.41) is 9.33. The normalized spacial score (nSPS) is 15.5. The molecule has 2 atom stereocenters. The standard InChI is InChI=1S/C11H17NO/c1-7-4-8(2)6-10(5-7)11(12)9(3)13/h4-6,9,11,13H,12H2,1-3H3/t9?,11-/m1/s1. The first-order chi connectivity index (χ1) is 6.00. The van der Waals surface area contributed by atoms with Crippen LogP contribution in [-0.2, 0) is 0 Å². The molecule has 1 aromatic rings. The third kappa shape index (κ3) is 2.54. The zero-order chi connectivity index (χ0) is 10.0. The summed E-state index contributed by atoms with van der Waals surface area (Å²) in [6.07, 6.45) is -0.499. The molecule has 0 aliphatic rings. The maximum atomic E-state index is 9.33. The number of rotatable bonds is 2. The summed E-state index contributed by atoms with van der Waals surface area (Å²) in [6, 6.07) is 5.85. The highest BCUT2D eigenvalue weighted by Crippen LogP contribution is 2.17. The first kappa shape index (κ1) is 10.2. The average Bonchev–Trinajstić information content (AvgIpc) is 2.01. The fraction of sp³-hybridized carbons (Fsp3) is 0.455. The minimum Gasteiger partial charge on any atom is -0.391 e. The van der Waals surface area contributed by atoms with Gasteiger partial charge in [0.2, 0.25) is 0 Å². The van der Waals surface area contributed by atoms with Gasteiger partial charge in [-0.3, -0.25) is 0 Å². The van der Waals surface area contributed by atoms with Crippen LogP contribution >= 0.6 is 0 Å². The van der Waals surface area contributed by atoms with Gasteiger partial charge in [-0.25, -0.2) is 0 Å². The molecule has 3 N–H and O–H groups in total. The molecule has 0 radical (unpaired) electrons. The summed E-state index contributed by atoms with van der Waals surface area (Å²) >= 11 is 0. The van der Waals surface area contributed by atoms with E-state index in [9.17, 15) is 5.11 Å². The Kier molecular flexibility index (Phi) is 3.07. The predicted octanol–water partition coefficient (Wildman–Crippen LogP) is 1.68. The van der Waals surface area contributed by atoms with E-state index in [0.717, 1.165) is 5.56 Å². The van der Waals surface area contributed by atoms with Gasteiger partial charge in [0.25, 0.3) is 0 Å². The van der Waals surface area contributed by atoms with E-state index in [4.69, 9.17) is 5.73 Å². The van der Waals surface area contributed by atoms with E-state index in [1.165, 1.54) is 11.1 Å². The number of aliphatic hydroxyl groups is 1. The van der Waals surface area contributed by atoms with Gasteiger partial charge in [-0.2, -0.15) is 0 Å². The largest absolute Gasteiger partial charge is 0.391 e. The van der Waals surface area contributed by atoms with E-state index in [0.29, 0.717) is 0 Å². The molecule has 0 saturated heterocycles. The van der Waals surface area contributed by atoms with Crippen molar-refractivity contribution in [3.63, 3.8) is 0 Å². The van der Waals surface area contributed by atoms with Gasteiger partial charge >= 0.3 is 0 Å². The molecule has 0 spiro atoms. The molecule has 1 aromatic carbocycles. The molecule has 0 bridgehead atoms. The van der Waals surface area contributed by atoms with Gasteiger partial charge in [0.1, 0.15) is 0 Å². The number of nitrogens with two attached hydrogens (primary N) is 1. The quantitative estimate of drug-likeness (QED) is 0.725. The Labute approximate surface area is 79.4 Å². The van der Waals surface area contributed by atoms with Gasteiger partial charge in [0.05, 0.1) is 12.1 Å². The molecular weight excluding hydrogens is 162 g/mol. The summed E-state index contributed by atoms with van der Waals surface area (Å²) < 4.78 is 0. The molecule has 0 aromatic heterocycles. The summed E-state index contributed by atoms with van der Waals surface area (Å²) in [7, 11) is 0. The van der Waals surface area contributed by atoms with Gasteiger partial charge in [-0.15, -0.1) is 0 Å². The van der Waals surface area contributed by atoms with Crippen molar-refractivity contribution in [3.05, 3.63) is 34.9 Å². The van der Waals surface area contributed by atoms with E-state index in [2.05, 4.69) is 6.07 Å². The van der Waals surface area contributed by atoms with Gasteiger partial charge in [0.15, 0.2) is 0 Å². The van der Waals surface area contributed by atoms with Crippen LogP contribution in [0.4, 0.5) is 0 Å². The molecule has 1 unspecified atom stereocenters. The van der Waals surface area contributed by atoms with Gasteiger partial charge in [-0.05, 0) is 26.3 Å². The highest BCUT2D eigenvalue weighted by Gasteiger charge is 2.11. The Bertz CT molecular complexity index is 274. The molecule has 0 amide bonds. The van der Waals surface area contributed by atoms with Crippen molar-refractivity contribution in [3.8, 4) is 0 Å². The number of hydrogen-bond donors (Lipinski definition) is 2. The van der Waals surface area contributed by atoms with E-state index < -0.39 is 6.10 Å². The maximum Gasteiger partial charge on any atom is 0.0704 e. The molecule has 2 heteroatoms. The molecule has 72 valence electrons. The lowest BCUT2D eigenvalue weighted by Gasteiger charge is -2.16. The molecular formula is C11H17NO. The van der Waals surface area contributed by atoms with Crippen LogP contribution in [0.3, 0.4) is 0 Å². The van der Waals surface area contributed by atoms with Crippen LogP contribution < -0.4 is 5.73 Å². The number of benzene rings is 1. The van der Waals surface area contributed by atoms with Crippen LogP contribution in [0, 0.1) is 13.8 Å². The predicted molar refractivity (Wildman–Crippen MR) is 54.5 cm³/mol. The second-order valence-corrected chi connectivity index (χ2v) is 3.69. The number of hydrogen-bond acceptors (Lipinski definition) is 2. The Morgan fingerprint density at radius 1 is 1.15 bits per heavy atom. The Balaban J connectivity index is 3.01. The van der Waals surface area contributed by atoms with Crippen molar-refractivity contribution in [1.29, 1.82) is 0 Å². The zero-order valence-electron chi connectivity index (χ0n) is 8.41. The van der Waals surface area contributed by atoms with Crippen LogP contribution in [0.5, 0.6) is 0 Å². The van der Waals surface area contributed by atoms with Crippen molar-refractivity contribution >= 4 is 0 Å². The number of aryl methyl sites for hydroxylation is 2. The SMILES string of the molecule is Cc1cc(C)cc([C@H](N)C(C)O)c1. The minimum atomic E-state index is -0.499. The monoisotopic (exact) mass is 179 g/mol. The molecule has 2 nitrogen and oxygen atoms in total. The average molecular weight is 179 g/mol. The maximum absolute atomic E-state index is 9.33. The van der Waals surface area contributed by atoms with Crippen LogP contribution in [-0.4, -0.2) is 11.2 Å². The van der Waals surface area contributed by atoms with Gasteiger partial charge in [0, 0.05) is 0 Å². The summed E-state index contributed by atoms with van der Waals surface area (Å²) in [4.78, 5) is 0. The lowest BCUT2D eigenvalue weighted by Crippen LogP contribution is -2.23. The molecule has 0 aliphatic carbocycles. The van der Waals surface area contributed by atoms with Gasteiger partial charge in [-0.1, -0.05) is 29.3 Å². The topological polar surface area (TPSA) is 46.2 Å².